The molecule has 1 atom stereocenters. The molecule has 11 aromatic carbocycles. The maximum Gasteiger partial charge on any atom is 0.188 e. The zero-order valence-corrected chi connectivity index (χ0v) is 39.5. The van der Waals surface area contributed by atoms with Crippen LogP contribution >= 0.6 is 0 Å². The van der Waals surface area contributed by atoms with Crippen LogP contribution in [-0.4, -0.2) is 17.2 Å². The normalized spacial score (nSPS) is 14.4. The van der Waals surface area contributed by atoms with Crippen LogP contribution in [0.1, 0.15) is 0 Å². The molecule has 1 aliphatic heterocycles. The Kier molecular flexibility index (Phi) is 8.64. The van der Waals surface area contributed by atoms with Crippen LogP contribution in [-0.2, 0) is 0 Å². The van der Waals surface area contributed by atoms with E-state index in [1.165, 1.54) is 64.5 Å². The van der Waals surface area contributed by atoms with Crippen molar-refractivity contribution in [1.82, 2.24) is 9.13 Å². The van der Waals surface area contributed by atoms with Crippen LogP contribution in [0, 0.1) is 0 Å². The molecule has 5 heteroatoms. The van der Waals surface area contributed by atoms with Crippen molar-refractivity contribution in [3.8, 4) is 45.1 Å². The Morgan fingerprint density at radius 2 is 0.803 bits per heavy atom. The summed E-state index contributed by atoms with van der Waals surface area (Å²) in [6.07, 6.45) is 0. The number of aromatic nitrogens is 2. The number of furan rings is 1. The fourth-order valence-electron chi connectivity index (χ4n) is 12.0. The van der Waals surface area contributed by atoms with E-state index in [0.717, 1.165) is 67.0 Å². The summed E-state index contributed by atoms with van der Waals surface area (Å²) in [5, 5.41) is 12.1. The predicted octanol–water partition coefficient (Wildman–Crippen LogP) is 14.6. The molecule has 0 fully saturated rings. The van der Waals surface area contributed by atoms with Gasteiger partial charge in [0.2, 0.25) is 0 Å². The molecule has 0 amide bonds. The number of hydrogen-bond acceptors (Lipinski definition) is 2. The zero-order chi connectivity index (χ0) is 46.6. The van der Waals surface area contributed by atoms with E-state index in [4.69, 9.17) is 9.15 Å². The summed E-state index contributed by atoms with van der Waals surface area (Å²) >= 11 is 0. The van der Waals surface area contributed by atoms with Gasteiger partial charge in [-0.1, -0.05) is 188 Å². The van der Waals surface area contributed by atoms with Crippen LogP contribution in [0.25, 0.3) is 99.2 Å². The van der Waals surface area contributed by atoms with Crippen LogP contribution in [0.15, 0.2) is 259 Å². The summed E-state index contributed by atoms with van der Waals surface area (Å²) < 4.78 is 18.6. The zero-order valence-electron chi connectivity index (χ0n) is 38.5. The second-order valence-corrected chi connectivity index (χ2v) is 22.5. The van der Waals surface area contributed by atoms with Crippen molar-refractivity contribution in [2.75, 3.05) is 0 Å². The lowest BCUT2D eigenvalue weighted by molar-refractivity contribution is 0.487. The summed E-state index contributed by atoms with van der Waals surface area (Å²) in [6, 6.07) is 93.2. The molecule has 4 nitrogen and oxygen atoms in total. The SMILES string of the molecule is c1ccc(-c2ccc([Si]3(c4ccc(-n5c6ccccc6c6ccccc65)cc4)c4ccc(-n5c6ccccc6c6ccccc65)cc4Oc4ccc(-c5cccc6oc7ccccc7c56)cc43)cc2)cc1. The first-order valence-electron chi connectivity index (χ1n) is 24.3. The van der Waals surface area contributed by atoms with Gasteiger partial charge in [-0.3, -0.25) is 0 Å². The number of nitrogens with zero attached hydrogens (tertiary/aromatic N) is 2. The Hall–Kier alpha value is -9.16. The largest absolute Gasteiger partial charge is 0.457 e. The van der Waals surface area contributed by atoms with Crippen molar-refractivity contribution in [2.24, 2.45) is 0 Å². The number of benzene rings is 11. The van der Waals surface area contributed by atoms with Crippen LogP contribution in [0.5, 0.6) is 11.5 Å². The van der Waals surface area contributed by atoms with E-state index >= 15 is 0 Å². The second kappa shape index (κ2) is 15.4. The van der Waals surface area contributed by atoms with E-state index < -0.39 is 8.07 Å². The first-order valence-corrected chi connectivity index (χ1v) is 26.3. The Bertz CT molecular complexity index is 4320. The van der Waals surface area contributed by atoms with E-state index in [2.05, 4.69) is 258 Å². The Labute approximate surface area is 410 Å². The van der Waals surface area contributed by atoms with Gasteiger partial charge in [0.25, 0.3) is 0 Å². The first kappa shape index (κ1) is 39.8. The van der Waals surface area contributed by atoms with Gasteiger partial charge in [0.05, 0.1) is 22.1 Å². The molecule has 71 heavy (non-hydrogen) atoms. The standard InChI is InChI=1S/C66H42N2O2Si/c1-2-15-43(16-3-1)44-29-35-48(36-30-44)71(49-37-32-46(33-38-49)67-56-23-9-4-17-51(56)52-18-5-10-24-57(52)67)64-40-34-47(68-58-25-11-6-19-53(58)54-20-7-12-26-59(54)68)42-63(64)70-61-39-31-45(41-65(61)71)50-22-14-28-62-66(50)55-21-8-13-27-60(55)69-62/h1-42H. The Morgan fingerprint density at radius 1 is 0.310 bits per heavy atom. The minimum absolute atomic E-state index is 0.870. The van der Waals surface area contributed by atoms with Gasteiger partial charge in [-0.15, -0.1) is 0 Å². The molecule has 0 N–H and O–H groups in total. The van der Waals surface area contributed by atoms with Gasteiger partial charge in [-0.2, -0.15) is 0 Å². The second-order valence-electron chi connectivity index (χ2n) is 18.8. The highest BCUT2D eigenvalue weighted by molar-refractivity contribution is 7.20. The average molecular weight is 923 g/mol. The predicted molar refractivity (Wildman–Crippen MR) is 297 cm³/mol. The van der Waals surface area contributed by atoms with Gasteiger partial charge in [0.15, 0.2) is 8.07 Å². The van der Waals surface area contributed by atoms with E-state index in [9.17, 15) is 0 Å². The molecule has 0 saturated carbocycles. The molecular weight excluding hydrogens is 881 g/mol. The van der Waals surface area contributed by atoms with E-state index in [-0.39, 0.29) is 0 Å². The number of fused-ring (bicyclic) bond motifs is 11. The molecule has 0 radical (unpaired) electrons. The summed E-state index contributed by atoms with van der Waals surface area (Å²) in [5.74, 6) is 1.74. The van der Waals surface area contributed by atoms with Crippen LogP contribution in [0.4, 0.5) is 0 Å². The van der Waals surface area contributed by atoms with E-state index in [1.54, 1.807) is 0 Å². The molecule has 1 aliphatic rings. The maximum absolute atomic E-state index is 7.34. The van der Waals surface area contributed by atoms with Crippen LogP contribution in [0.2, 0.25) is 0 Å². The molecule has 1 unspecified atom stereocenters. The molecule has 0 spiro atoms. The van der Waals surface area contributed by atoms with Crippen molar-refractivity contribution in [1.29, 1.82) is 0 Å². The van der Waals surface area contributed by atoms with Crippen molar-refractivity contribution in [3.63, 3.8) is 0 Å². The highest BCUT2D eigenvalue weighted by Crippen LogP contribution is 2.41. The molecule has 15 rings (SSSR count). The minimum atomic E-state index is -3.27. The number of rotatable bonds is 6. The first-order chi connectivity index (χ1) is 35.2. The smallest absolute Gasteiger partial charge is 0.188 e. The summed E-state index contributed by atoms with van der Waals surface area (Å²) in [5.41, 5.74) is 13.3. The summed E-state index contributed by atoms with van der Waals surface area (Å²) in [7, 11) is -3.27. The van der Waals surface area contributed by atoms with Gasteiger partial charge in [-0.05, 0) is 104 Å². The number of para-hydroxylation sites is 5. The minimum Gasteiger partial charge on any atom is -0.457 e. The molecule has 3 aromatic heterocycles. The highest BCUT2D eigenvalue weighted by Gasteiger charge is 2.48. The molecular formula is C66H42N2O2Si. The molecule has 332 valence electrons. The van der Waals surface area contributed by atoms with Gasteiger partial charge < -0.3 is 18.3 Å². The quantitative estimate of drug-likeness (QED) is 0.156. The number of ether oxygens (including phenoxy) is 1. The highest BCUT2D eigenvalue weighted by atomic mass is 28.3. The van der Waals surface area contributed by atoms with E-state index in [1.807, 2.05) is 6.07 Å². The van der Waals surface area contributed by atoms with Crippen LogP contribution < -0.4 is 25.5 Å². The molecule has 14 aromatic rings. The van der Waals surface area contributed by atoms with Crippen molar-refractivity contribution in [3.05, 3.63) is 255 Å². The lowest BCUT2D eigenvalue weighted by Gasteiger charge is -2.40. The summed E-state index contributed by atoms with van der Waals surface area (Å²) in [6.45, 7) is 0. The average Bonchev–Trinajstić information content (AvgIpc) is 4.11. The number of hydrogen-bond donors (Lipinski definition) is 0. The monoisotopic (exact) mass is 922 g/mol. The lowest BCUT2D eigenvalue weighted by Crippen LogP contribution is -2.76. The molecule has 0 bridgehead atoms. The van der Waals surface area contributed by atoms with E-state index in [0.29, 0.717) is 0 Å². The molecule has 4 heterocycles. The third-order valence-electron chi connectivity index (χ3n) is 15.1. The Morgan fingerprint density at radius 3 is 1.44 bits per heavy atom. The molecule has 0 aliphatic carbocycles. The van der Waals surface area contributed by atoms with Crippen molar-refractivity contribution < 1.29 is 9.15 Å². The van der Waals surface area contributed by atoms with Gasteiger partial charge in [-0.25, -0.2) is 0 Å². The summed E-state index contributed by atoms with van der Waals surface area (Å²) in [4.78, 5) is 0. The van der Waals surface area contributed by atoms with Gasteiger partial charge in [0, 0.05) is 49.8 Å². The Balaban J connectivity index is 1.02. The lowest BCUT2D eigenvalue weighted by atomic mass is 9.99. The topological polar surface area (TPSA) is 32.2 Å². The van der Waals surface area contributed by atoms with Crippen molar-refractivity contribution >= 4 is 94.4 Å². The molecule has 0 saturated heterocycles. The third-order valence-corrected chi connectivity index (χ3v) is 19.9. The fourth-order valence-corrected chi connectivity index (χ4v) is 16.9. The maximum atomic E-state index is 7.34. The van der Waals surface area contributed by atoms with Crippen molar-refractivity contribution in [2.45, 2.75) is 0 Å². The van der Waals surface area contributed by atoms with Crippen LogP contribution in [0.3, 0.4) is 0 Å². The van der Waals surface area contributed by atoms with Gasteiger partial charge in [0.1, 0.15) is 22.7 Å². The van der Waals surface area contributed by atoms with Gasteiger partial charge >= 0.3 is 0 Å². The third kappa shape index (κ3) is 5.84. The fraction of sp³-hybridized carbons (Fsp3) is 0.